The predicted octanol–water partition coefficient (Wildman–Crippen LogP) is 3.13. The number of hydrogen-bond donors (Lipinski definition) is 2. The van der Waals surface area contributed by atoms with Crippen LogP contribution >= 0.6 is 11.3 Å². The van der Waals surface area contributed by atoms with Gasteiger partial charge in [0.2, 0.25) is 5.91 Å². The van der Waals surface area contributed by atoms with Gasteiger partial charge < -0.3 is 5.32 Å². The van der Waals surface area contributed by atoms with Crippen LogP contribution in [0.5, 0.6) is 0 Å². The monoisotopic (exact) mass is 429 g/mol. The summed E-state index contributed by atoms with van der Waals surface area (Å²) in [5.74, 6) is -0.224. The first-order chi connectivity index (χ1) is 14.5. The van der Waals surface area contributed by atoms with Crippen molar-refractivity contribution in [2.45, 2.75) is 57.7 Å². The maximum absolute atomic E-state index is 12.5. The Morgan fingerprint density at radius 3 is 2.43 bits per heavy atom. The van der Waals surface area contributed by atoms with Crippen molar-refractivity contribution in [2.24, 2.45) is 0 Å². The second-order valence-electron chi connectivity index (χ2n) is 8.39. The molecule has 2 N–H and O–H groups in total. The summed E-state index contributed by atoms with van der Waals surface area (Å²) < 4.78 is 1.22. The Morgan fingerprint density at radius 2 is 1.73 bits per heavy atom. The van der Waals surface area contributed by atoms with E-state index in [-0.39, 0.29) is 30.1 Å². The van der Waals surface area contributed by atoms with E-state index in [9.17, 15) is 9.59 Å². The summed E-state index contributed by atoms with van der Waals surface area (Å²) in [6.07, 6.45) is 4.31. The van der Waals surface area contributed by atoms with Gasteiger partial charge in [0, 0.05) is 32.2 Å². The Hall–Kier alpha value is -2.03. The Morgan fingerprint density at radius 1 is 1.07 bits per heavy atom. The van der Waals surface area contributed by atoms with Crippen LogP contribution < -0.4 is 10.6 Å². The molecule has 0 spiro atoms. The topological polar surface area (TPSA) is 77.6 Å². The van der Waals surface area contributed by atoms with Gasteiger partial charge in [0.15, 0.2) is 0 Å². The van der Waals surface area contributed by atoms with E-state index >= 15 is 0 Å². The Kier molecular flexibility index (Phi) is 6.65. The molecule has 2 heterocycles. The lowest BCUT2D eigenvalue weighted by atomic mass is 10.2. The average molecular weight is 430 g/mol. The highest BCUT2D eigenvalue weighted by Gasteiger charge is 2.29. The largest absolute Gasteiger partial charge is 0.335 e. The van der Waals surface area contributed by atoms with Crippen molar-refractivity contribution in [3.05, 3.63) is 29.3 Å². The number of aromatic nitrogens is 1. The second kappa shape index (κ2) is 9.41. The molecule has 8 heteroatoms. The number of para-hydroxylation sites is 1. The summed E-state index contributed by atoms with van der Waals surface area (Å²) >= 11 is 1.76. The third kappa shape index (κ3) is 4.82. The molecular formula is C22H31N5O2S. The van der Waals surface area contributed by atoms with E-state index in [2.05, 4.69) is 39.5 Å². The van der Waals surface area contributed by atoms with Gasteiger partial charge in [-0.1, -0.05) is 25.0 Å². The SMILES string of the molecule is C[C@H](c1nc2ccccc2s1)N1CCN([C@@H](C)C(=O)NC(=O)NC2CCCC2)CC1. The molecule has 1 aliphatic heterocycles. The van der Waals surface area contributed by atoms with Gasteiger partial charge in [-0.25, -0.2) is 9.78 Å². The predicted molar refractivity (Wildman–Crippen MR) is 120 cm³/mol. The number of rotatable bonds is 5. The molecular weight excluding hydrogens is 398 g/mol. The van der Waals surface area contributed by atoms with E-state index < -0.39 is 0 Å². The van der Waals surface area contributed by atoms with Gasteiger partial charge in [-0.2, -0.15) is 0 Å². The number of piperazine rings is 1. The van der Waals surface area contributed by atoms with Crippen LogP contribution in [0.4, 0.5) is 4.79 Å². The lowest BCUT2D eigenvalue weighted by Crippen LogP contribution is -2.56. The highest BCUT2D eigenvalue weighted by Crippen LogP contribution is 2.30. The Labute approximate surface area is 181 Å². The van der Waals surface area contributed by atoms with Crippen LogP contribution in [-0.2, 0) is 4.79 Å². The first-order valence-electron chi connectivity index (χ1n) is 11.0. The molecule has 2 aliphatic rings. The zero-order chi connectivity index (χ0) is 21.1. The van der Waals surface area contributed by atoms with Gasteiger partial charge in [-0.15, -0.1) is 11.3 Å². The van der Waals surface area contributed by atoms with E-state index in [4.69, 9.17) is 4.98 Å². The molecule has 4 rings (SSSR count). The molecule has 2 atom stereocenters. The van der Waals surface area contributed by atoms with E-state index in [0.29, 0.717) is 0 Å². The summed E-state index contributed by atoms with van der Waals surface area (Å²) in [5.41, 5.74) is 1.06. The number of thiazole rings is 1. The van der Waals surface area contributed by atoms with Crippen molar-refractivity contribution < 1.29 is 9.59 Å². The first-order valence-corrected chi connectivity index (χ1v) is 11.8. The summed E-state index contributed by atoms with van der Waals surface area (Å²) in [6.45, 7) is 7.44. The minimum absolute atomic E-state index is 0.209. The molecule has 1 saturated heterocycles. The number of hydrogen-bond acceptors (Lipinski definition) is 6. The summed E-state index contributed by atoms with van der Waals surface area (Å²) in [4.78, 5) is 34.0. The van der Waals surface area contributed by atoms with E-state index in [1.54, 1.807) is 11.3 Å². The van der Waals surface area contributed by atoms with E-state index in [1.807, 2.05) is 19.1 Å². The quantitative estimate of drug-likeness (QED) is 0.764. The standard InChI is InChI=1S/C22H31N5O2S/c1-15(20(28)25-22(29)23-17-7-3-4-8-17)26-11-13-27(14-12-26)16(2)21-24-18-9-5-6-10-19(18)30-21/h5-6,9-10,15-17H,3-4,7-8,11-14H2,1-2H3,(H2,23,25,28,29)/t15-,16+/m0/s1. The van der Waals surface area contributed by atoms with Gasteiger partial charge in [0.1, 0.15) is 5.01 Å². The molecule has 7 nitrogen and oxygen atoms in total. The highest BCUT2D eigenvalue weighted by molar-refractivity contribution is 7.18. The van der Waals surface area contributed by atoms with Crippen LogP contribution in [0, 0.1) is 0 Å². The molecule has 0 bridgehead atoms. The number of carbonyl (C=O) groups is 2. The molecule has 0 unspecified atom stereocenters. The lowest BCUT2D eigenvalue weighted by Gasteiger charge is -2.39. The number of urea groups is 1. The third-order valence-corrected chi connectivity index (χ3v) is 7.63. The Bertz CT molecular complexity index is 854. The fourth-order valence-electron chi connectivity index (χ4n) is 4.41. The minimum Gasteiger partial charge on any atom is -0.335 e. The number of carbonyl (C=O) groups excluding carboxylic acids is 2. The normalized spacial score (nSPS) is 20.9. The van der Waals surface area contributed by atoms with Gasteiger partial charge in [0.05, 0.1) is 22.3 Å². The first kappa shape index (κ1) is 21.2. The molecule has 1 saturated carbocycles. The number of fused-ring (bicyclic) bond motifs is 1. The smallest absolute Gasteiger partial charge is 0.321 e. The molecule has 2 aromatic rings. The van der Waals surface area contributed by atoms with Gasteiger partial charge in [-0.3, -0.25) is 19.9 Å². The van der Waals surface area contributed by atoms with E-state index in [1.165, 1.54) is 4.70 Å². The fraction of sp³-hybridized carbons (Fsp3) is 0.591. The molecule has 30 heavy (non-hydrogen) atoms. The van der Waals surface area contributed by atoms with Crippen molar-refractivity contribution in [2.75, 3.05) is 26.2 Å². The minimum atomic E-state index is -0.359. The van der Waals surface area contributed by atoms with Crippen molar-refractivity contribution in [3.63, 3.8) is 0 Å². The molecule has 0 radical (unpaired) electrons. The zero-order valence-corrected chi connectivity index (χ0v) is 18.6. The fourth-order valence-corrected chi connectivity index (χ4v) is 5.46. The van der Waals surface area contributed by atoms with Crippen molar-refractivity contribution >= 4 is 33.5 Å². The molecule has 1 aromatic carbocycles. The number of imide groups is 1. The zero-order valence-electron chi connectivity index (χ0n) is 17.8. The van der Waals surface area contributed by atoms with Crippen LogP contribution in [0.3, 0.4) is 0 Å². The van der Waals surface area contributed by atoms with Crippen LogP contribution in [0.15, 0.2) is 24.3 Å². The van der Waals surface area contributed by atoms with Crippen molar-refractivity contribution in [3.8, 4) is 0 Å². The average Bonchev–Trinajstić information content (AvgIpc) is 3.42. The lowest BCUT2D eigenvalue weighted by molar-refractivity contribution is -0.125. The van der Waals surface area contributed by atoms with Crippen LogP contribution in [0.25, 0.3) is 10.2 Å². The summed E-state index contributed by atoms with van der Waals surface area (Å²) in [6, 6.07) is 8.03. The van der Waals surface area contributed by atoms with E-state index in [0.717, 1.165) is 62.4 Å². The summed E-state index contributed by atoms with van der Waals surface area (Å²) in [7, 11) is 0. The third-order valence-electron chi connectivity index (χ3n) is 6.42. The number of amides is 3. The maximum atomic E-state index is 12.5. The molecule has 1 aliphatic carbocycles. The molecule has 162 valence electrons. The summed E-state index contributed by atoms with van der Waals surface area (Å²) in [5, 5.41) is 6.58. The van der Waals surface area contributed by atoms with Gasteiger partial charge in [-0.05, 0) is 38.8 Å². The van der Waals surface area contributed by atoms with Crippen molar-refractivity contribution in [1.29, 1.82) is 0 Å². The molecule has 2 fully saturated rings. The molecule has 3 amide bonds. The highest BCUT2D eigenvalue weighted by atomic mass is 32.1. The maximum Gasteiger partial charge on any atom is 0.321 e. The number of benzene rings is 1. The second-order valence-corrected chi connectivity index (χ2v) is 9.45. The number of nitrogens with one attached hydrogen (secondary N) is 2. The molecule has 1 aromatic heterocycles. The van der Waals surface area contributed by atoms with Crippen LogP contribution in [0.1, 0.15) is 50.6 Å². The van der Waals surface area contributed by atoms with Crippen molar-refractivity contribution in [1.82, 2.24) is 25.4 Å². The number of nitrogens with zero attached hydrogens (tertiary/aromatic N) is 3. The van der Waals surface area contributed by atoms with Gasteiger partial charge in [0.25, 0.3) is 0 Å². The van der Waals surface area contributed by atoms with Gasteiger partial charge >= 0.3 is 6.03 Å². The van der Waals surface area contributed by atoms with Crippen LogP contribution in [-0.4, -0.2) is 65.0 Å². The Balaban J connectivity index is 1.26. The van der Waals surface area contributed by atoms with Crippen LogP contribution in [0.2, 0.25) is 0 Å².